The molecule has 2 amide bonds. The van der Waals surface area contributed by atoms with Crippen molar-refractivity contribution in [3.8, 4) is 11.5 Å². The predicted molar refractivity (Wildman–Crippen MR) is 107 cm³/mol. The van der Waals surface area contributed by atoms with E-state index < -0.39 is 48.7 Å². The van der Waals surface area contributed by atoms with Crippen molar-refractivity contribution in [3.63, 3.8) is 0 Å². The van der Waals surface area contributed by atoms with Gasteiger partial charge in [0.1, 0.15) is 17.4 Å². The minimum absolute atomic E-state index is 0.111. The summed E-state index contributed by atoms with van der Waals surface area (Å²) in [7, 11) is 1.30. The van der Waals surface area contributed by atoms with Crippen LogP contribution in [-0.4, -0.2) is 55.0 Å². The molecule has 1 fully saturated rings. The van der Waals surface area contributed by atoms with Crippen LogP contribution in [0.25, 0.3) is 0 Å². The number of hydrogen-bond acceptors (Lipinski definition) is 5. The van der Waals surface area contributed by atoms with E-state index in [1.807, 2.05) is 0 Å². The molecule has 32 heavy (non-hydrogen) atoms. The SMILES string of the molecule is COc1cc(OCCC(F)(F)F)c(F)cc1CNC(=O)C1CCCN1C(=O)OC(C)(C)C. The quantitative estimate of drug-likeness (QED) is 0.613. The van der Waals surface area contributed by atoms with E-state index in [-0.39, 0.29) is 23.6 Å². The Hall–Kier alpha value is -2.72. The van der Waals surface area contributed by atoms with Gasteiger partial charge in [-0.2, -0.15) is 13.2 Å². The number of alkyl halides is 3. The number of hydrogen-bond donors (Lipinski definition) is 1. The topological polar surface area (TPSA) is 77.1 Å². The highest BCUT2D eigenvalue weighted by molar-refractivity contribution is 5.86. The number of carbonyl (C=O) groups excluding carboxylic acids is 2. The third-order valence-corrected chi connectivity index (χ3v) is 4.61. The van der Waals surface area contributed by atoms with E-state index in [0.29, 0.717) is 19.4 Å². The fourth-order valence-corrected chi connectivity index (χ4v) is 3.17. The summed E-state index contributed by atoms with van der Waals surface area (Å²) in [6.45, 7) is 4.73. The Balaban J connectivity index is 2.02. The number of methoxy groups -OCH3 is 1. The van der Waals surface area contributed by atoms with Gasteiger partial charge in [0.2, 0.25) is 5.91 Å². The van der Waals surface area contributed by atoms with Crippen molar-refractivity contribution in [2.45, 2.75) is 64.4 Å². The summed E-state index contributed by atoms with van der Waals surface area (Å²) in [4.78, 5) is 26.4. The predicted octanol–water partition coefficient (Wildman–Crippen LogP) is 4.18. The first-order chi connectivity index (χ1) is 14.8. The molecule has 1 unspecified atom stereocenters. The minimum Gasteiger partial charge on any atom is -0.496 e. The highest BCUT2D eigenvalue weighted by Gasteiger charge is 2.36. The van der Waals surface area contributed by atoms with Crippen LogP contribution in [-0.2, 0) is 16.1 Å². The van der Waals surface area contributed by atoms with E-state index in [1.165, 1.54) is 12.0 Å². The van der Waals surface area contributed by atoms with Crippen LogP contribution in [0.5, 0.6) is 11.5 Å². The molecule has 180 valence electrons. The van der Waals surface area contributed by atoms with Gasteiger partial charge >= 0.3 is 12.3 Å². The number of nitrogens with one attached hydrogen (secondary N) is 1. The summed E-state index contributed by atoms with van der Waals surface area (Å²) < 4.78 is 66.4. The fraction of sp³-hybridized carbons (Fsp3) is 0.619. The number of amides is 2. The van der Waals surface area contributed by atoms with Gasteiger partial charge in [-0.1, -0.05) is 0 Å². The van der Waals surface area contributed by atoms with Gasteiger partial charge in [-0.3, -0.25) is 9.69 Å². The van der Waals surface area contributed by atoms with Crippen LogP contribution in [0, 0.1) is 5.82 Å². The molecular weight excluding hydrogens is 436 g/mol. The Labute approximate surface area is 184 Å². The third kappa shape index (κ3) is 7.45. The summed E-state index contributed by atoms with van der Waals surface area (Å²) in [5, 5.41) is 2.65. The first-order valence-electron chi connectivity index (χ1n) is 10.1. The fourth-order valence-electron chi connectivity index (χ4n) is 3.17. The number of likely N-dealkylation sites (tertiary alicyclic amines) is 1. The molecule has 7 nitrogen and oxygen atoms in total. The van der Waals surface area contributed by atoms with E-state index in [1.54, 1.807) is 20.8 Å². The van der Waals surface area contributed by atoms with E-state index in [0.717, 1.165) is 12.1 Å². The summed E-state index contributed by atoms with van der Waals surface area (Å²) in [6.07, 6.45) is -5.12. The van der Waals surface area contributed by atoms with Crippen LogP contribution in [0.3, 0.4) is 0 Å². The molecule has 2 rings (SSSR count). The zero-order valence-corrected chi connectivity index (χ0v) is 18.5. The standard InChI is InChI=1S/C21H28F4N2O5/c1-20(2,3)32-19(29)27-8-5-6-15(27)18(28)26-12-13-10-14(22)17(11-16(13)30-4)31-9-7-21(23,24)25/h10-11,15H,5-9,12H2,1-4H3,(H,26,28). The summed E-state index contributed by atoms with van der Waals surface area (Å²) in [6, 6.07) is 1.45. The molecule has 1 N–H and O–H groups in total. The van der Waals surface area contributed by atoms with Crippen molar-refractivity contribution in [1.29, 1.82) is 0 Å². The lowest BCUT2D eigenvalue weighted by molar-refractivity contribution is -0.139. The highest BCUT2D eigenvalue weighted by atomic mass is 19.4. The Bertz CT molecular complexity index is 824. The smallest absolute Gasteiger partial charge is 0.410 e. The Kier molecular flexibility index (Phi) is 8.19. The summed E-state index contributed by atoms with van der Waals surface area (Å²) >= 11 is 0. The van der Waals surface area contributed by atoms with Gasteiger partial charge in [-0.05, 0) is 39.7 Å². The zero-order valence-electron chi connectivity index (χ0n) is 18.5. The molecule has 0 spiro atoms. The van der Waals surface area contributed by atoms with Gasteiger partial charge in [0.25, 0.3) is 0 Å². The molecule has 0 saturated carbocycles. The van der Waals surface area contributed by atoms with Crippen molar-refractivity contribution < 1.29 is 41.4 Å². The average molecular weight is 464 g/mol. The number of carbonyl (C=O) groups is 2. The molecule has 11 heteroatoms. The van der Waals surface area contributed by atoms with Crippen LogP contribution >= 0.6 is 0 Å². The maximum absolute atomic E-state index is 14.3. The largest absolute Gasteiger partial charge is 0.496 e. The second kappa shape index (κ2) is 10.3. The maximum atomic E-state index is 14.3. The number of benzene rings is 1. The lowest BCUT2D eigenvalue weighted by atomic mass is 10.1. The van der Waals surface area contributed by atoms with E-state index in [9.17, 15) is 27.2 Å². The maximum Gasteiger partial charge on any atom is 0.410 e. The Morgan fingerprint density at radius 1 is 1.19 bits per heavy atom. The van der Waals surface area contributed by atoms with Gasteiger partial charge in [-0.15, -0.1) is 0 Å². The Morgan fingerprint density at radius 3 is 2.47 bits per heavy atom. The van der Waals surface area contributed by atoms with Crippen molar-refractivity contribution in [2.75, 3.05) is 20.3 Å². The lowest BCUT2D eigenvalue weighted by Gasteiger charge is -2.28. The third-order valence-electron chi connectivity index (χ3n) is 4.61. The molecule has 0 bridgehead atoms. The molecule has 1 atom stereocenters. The first-order valence-corrected chi connectivity index (χ1v) is 10.1. The normalized spacial score (nSPS) is 16.6. The second-order valence-corrected chi connectivity index (χ2v) is 8.36. The zero-order chi connectivity index (χ0) is 24.1. The van der Waals surface area contributed by atoms with Gasteiger partial charge in [-0.25, -0.2) is 9.18 Å². The highest BCUT2D eigenvalue weighted by Crippen LogP contribution is 2.29. The van der Waals surface area contributed by atoms with Gasteiger partial charge in [0.05, 0.1) is 20.1 Å². The first kappa shape index (κ1) is 25.5. The molecule has 0 radical (unpaired) electrons. The van der Waals surface area contributed by atoms with Gasteiger partial charge < -0.3 is 19.5 Å². The van der Waals surface area contributed by atoms with Crippen molar-refractivity contribution >= 4 is 12.0 Å². The van der Waals surface area contributed by atoms with Crippen molar-refractivity contribution in [2.24, 2.45) is 0 Å². The summed E-state index contributed by atoms with van der Waals surface area (Å²) in [5.41, 5.74) is -0.432. The van der Waals surface area contributed by atoms with Gasteiger partial charge in [0, 0.05) is 24.7 Å². The molecule has 1 saturated heterocycles. The number of nitrogens with zero attached hydrogens (tertiary/aromatic N) is 1. The van der Waals surface area contributed by atoms with E-state index in [4.69, 9.17) is 14.2 Å². The van der Waals surface area contributed by atoms with Crippen LogP contribution in [0.15, 0.2) is 12.1 Å². The van der Waals surface area contributed by atoms with Crippen molar-refractivity contribution in [1.82, 2.24) is 10.2 Å². The molecule has 1 heterocycles. The molecule has 0 aliphatic carbocycles. The number of rotatable bonds is 7. The van der Waals surface area contributed by atoms with Gasteiger partial charge in [0.15, 0.2) is 11.6 Å². The van der Waals surface area contributed by atoms with Crippen LogP contribution < -0.4 is 14.8 Å². The second-order valence-electron chi connectivity index (χ2n) is 8.36. The van der Waals surface area contributed by atoms with Crippen LogP contribution in [0.1, 0.15) is 45.6 Å². The molecule has 1 aliphatic rings. The Morgan fingerprint density at radius 2 is 1.88 bits per heavy atom. The number of ether oxygens (including phenoxy) is 3. The van der Waals surface area contributed by atoms with Crippen molar-refractivity contribution in [3.05, 3.63) is 23.5 Å². The summed E-state index contributed by atoms with van der Waals surface area (Å²) in [5.74, 6) is -1.55. The van der Waals surface area contributed by atoms with Crippen LogP contribution in [0.4, 0.5) is 22.4 Å². The van der Waals surface area contributed by atoms with E-state index >= 15 is 0 Å². The molecular formula is C21H28F4N2O5. The minimum atomic E-state index is -4.42. The lowest BCUT2D eigenvalue weighted by Crippen LogP contribution is -2.47. The average Bonchev–Trinajstić information content (AvgIpc) is 3.15. The molecule has 1 aromatic carbocycles. The molecule has 1 aromatic rings. The van der Waals surface area contributed by atoms with Crippen LogP contribution in [0.2, 0.25) is 0 Å². The van der Waals surface area contributed by atoms with E-state index in [2.05, 4.69) is 5.32 Å². The molecule has 1 aliphatic heterocycles. The molecule has 0 aromatic heterocycles. The monoisotopic (exact) mass is 464 g/mol. The number of halogens is 4.